The van der Waals surface area contributed by atoms with Crippen LogP contribution in [-0.2, 0) is 9.53 Å². The van der Waals surface area contributed by atoms with Gasteiger partial charge in [-0.05, 0) is 42.7 Å². The summed E-state index contributed by atoms with van der Waals surface area (Å²) >= 11 is 0. The lowest BCUT2D eigenvalue weighted by Crippen LogP contribution is -2.45. The Morgan fingerprint density at radius 2 is 2.35 bits per heavy atom. The van der Waals surface area contributed by atoms with Crippen molar-refractivity contribution in [3.05, 3.63) is 35.4 Å². The second-order valence-corrected chi connectivity index (χ2v) is 5.05. The molecule has 1 aliphatic heterocycles. The molecule has 4 nitrogen and oxygen atoms in total. The molecular weight excluding hydrogens is 254 g/mol. The number of ether oxygens (including phenoxy) is 1. The van der Waals surface area contributed by atoms with Crippen LogP contribution in [0.3, 0.4) is 0 Å². The van der Waals surface area contributed by atoms with Gasteiger partial charge in [-0.1, -0.05) is 13.0 Å². The van der Waals surface area contributed by atoms with E-state index in [-0.39, 0.29) is 0 Å². The zero-order valence-electron chi connectivity index (χ0n) is 12.0. The maximum Gasteiger partial charge on any atom is 0.328 e. The molecule has 0 aromatic heterocycles. The van der Waals surface area contributed by atoms with Gasteiger partial charge in [-0.3, -0.25) is 0 Å². The molecular formula is C16H21NO3. The molecule has 4 heteroatoms. The van der Waals surface area contributed by atoms with E-state index in [1.807, 2.05) is 12.1 Å². The Morgan fingerprint density at radius 1 is 1.55 bits per heavy atom. The van der Waals surface area contributed by atoms with Crippen molar-refractivity contribution in [2.45, 2.75) is 26.3 Å². The summed E-state index contributed by atoms with van der Waals surface area (Å²) < 4.78 is 5.54. The first-order chi connectivity index (χ1) is 9.61. The quantitative estimate of drug-likeness (QED) is 0.858. The maximum absolute atomic E-state index is 10.5. The van der Waals surface area contributed by atoms with Crippen molar-refractivity contribution >= 4 is 17.7 Å². The Labute approximate surface area is 119 Å². The molecule has 108 valence electrons. The zero-order chi connectivity index (χ0) is 14.5. The average molecular weight is 275 g/mol. The van der Waals surface area contributed by atoms with Gasteiger partial charge in [0.05, 0.1) is 19.3 Å². The molecule has 0 spiro atoms. The van der Waals surface area contributed by atoms with E-state index >= 15 is 0 Å². The van der Waals surface area contributed by atoms with E-state index < -0.39 is 5.97 Å². The van der Waals surface area contributed by atoms with Crippen molar-refractivity contribution in [1.82, 2.24) is 0 Å². The number of anilines is 1. The molecule has 1 atom stereocenters. The summed E-state index contributed by atoms with van der Waals surface area (Å²) in [6.45, 7) is 6.68. The summed E-state index contributed by atoms with van der Waals surface area (Å²) in [5, 5.41) is 8.66. The van der Waals surface area contributed by atoms with E-state index in [0.29, 0.717) is 6.04 Å². The standard InChI is InChI=1S/C16H21NO3/c1-3-14-11-20-9-8-17(14)15-6-4-13(10-12(15)2)5-7-16(18)19/h4-7,10,14H,3,8-9,11H2,1-2H3,(H,18,19). The largest absolute Gasteiger partial charge is 0.478 e. The molecule has 1 saturated heterocycles. The number of carboxylic acids is 1. The Hall–Kier alpha value is -1.81. The van der Waals surface area contributed by atoms with Gasteiger partial charge < -0.3 is 14.7 Å². The summed E-state index contributed by atoms with van der Waals surface area (Å²) in [5.41, 5.74) is 3.29. The SMILES string of the molecule is CCC1COCCN1c1ccc(C=CC(=O)O)cc1C. The molecule has 0 bridgehead atoms. The van der Waals surface area contributed by atoms with Crippen LogP contribution in [0.1, 0.15) is 24.5 Å². The molecule has 0 radical (unpaired) electrons. The fraction of sp³-hybridized carbons (Fsp3) is 0.438. The van der Waals surface area contributed by atoms with Crippen LogP contribution < -0.4 is 4.90 Å². The summed E-state index contributed by atoms with van der Waals surface area (Å²) in [6.07, 6.45) is 3.84. The van der Waals surface area contributed by atoms with Crippen molar-refractivity contribution < 1.29 is 14.6 Å². The van der Waals surface area contributed by atoms with Crippen LogP contribution in [0, 0.1) is 6.92 Å². The van der Waals surface area contributed by atoms with Gasteiger partial charge in [0, 0.05) is 18.3 Å². The minimum absolute atomic E-state index is 0.419. The minimum Gasteiger partial charge on any atom is -0.478 e. The van der Waals surface area contributed by atoms with Gasteiger partial charge in [0.25, 0.3) is 0 Å². The summed E-state index contributed by atoms with van der Waals surface area (Å²) in [6, 6.07) is 6.48. The van der Waals surface area contributed by atoms with Crippen LogP contribution in [-0.4, -0.2) is 36.9 Å². The second kappa shape index (κ2) is 6.57. The highest BCUT2D eigenvalue weighted by atomic mass is 16.5. The van der Waals surface area contributed by atoms with E-state index in [9.17, 15) is 4.79 Å². The number of rotatable bonds is 4. The van der Waals surface area contributed by atoms with Crippen LogP contribution >= 0.6 is 0 Å². The Morgan fingerprint density at radius 3 is 3.00 bits per heavy atom. The predicted molar refractivity (Wildman–Crippen MR) is 80.1 cm³/mol. The number of aliphatic carboxylic acids is 1. The number of carbonyl (C=O) groups is 1. The minimum atomic E-state index is -0.925. The fourth-order valence-electron chi connectivity index (χ4n) is 2.58. The summed E-state index contributed by atoms with van der Waals surface area (Å²) in [5.74, 6) is -0.925. The third kappa shape index (κ3) is 3.39. The van der Waals surface area contributed by atoms with Crippen molar-refractivity contribution in [2.24, 2.45) is 0 Å². The highest BCUT2D eigenvalue weighted by Crippen LogP contribution is 2.26. The van der Waals surface area contributed by atoms with E-state index in [2.05, 4.69) is 24.8 Å². The van der Waals surface area contributed by atoms with Crippen LogP contribution in [0.25, 0.3) is 6.08 Å². The number of morpholine rings is 1. The molecule has 0 amide bonds. The highest BCUT2D eigenvalue weighted by molar-refractivity contribution is 5.85. The van der Waals surface area contributed by atoms with Gasteiger partial charge in [0.2, 0.25) is 0 Å². The zero-order valence-corrected chi connectivity index (χ0v) is 12.0. The third-order valence-electron chi connectivity index (χ3n) is 3.65. The molecule has 1 N–H and O–H groups in total. The van der Waals surface area contributed by atoms with Gasteiger partial charge in [-0.25, -0.2) is 4.79 Å². The molecule has 2 rings (SSSR count). The van der Waals surface area contributed by atoms with Crippen LogP contribution in [0.15, 0.2) is 24.3 Å². The fourth-order valence-corrected chi connectivity index (χ4v) is 2.58. The Kier molecular flexibility index (Phi) is 4.79. The molecule has 1 heterocycles. The van der Waals surface area contributed by atoms with E-state index in [4.69, 9.17) is 9.84 Å². The van der Waals surface area contributed by atoms with Gasteiger partial charge in [-0.15, -0.1) is 0 Å². The van der Waals surface area contributed by atoms with E-state index in [1.54, 1.807) is 6.08 Å². The smallest absolute Gasteiger partial charge is 0.328 e. The van der Waals surface area contributed by atoms with Crippen molar-refractivity contribution in [1.29, 1.82) is 0 Å². The molecule has 1 fully saturated rings. The Balaban J connectivity index is 2.22. The second-order valence-electron chi connectivity index (χ2n) is 5.05. The topological polar surface area (TPSA) is 49.8 Å². The predicted octanol–water partition coefficient (Wildman–Crippen LogP) is 2.71. The van der Waals surface area contributed by atoms with Crippen LogP contribution in [0.5, 0.6) is 0 Å². The third-order valence-corrected chi connectivity index (χ3v) is 3.65. The number of nitrogens with zero attached hydrogens (tertiary/aromatic N) is 1. The monoisotopic (exact) mass is 275 g/mol. The van der Waals surface area contributed by atoms with Gasteiger partial charge in [0.1, 0.15) is 0 Å². The van der Waals surface area contributed by atoms with Crippen LogP contribution in [0.4, 0.5) is 5.69 Å². The number of hydrogen-bond acceptors (Lipinski definition) is 3. The molecule has 20 heavy (non-hydrogen) atoms. The van der Waals surface area contributed by atoms with Crippen LogP contribution in [0.2, 0.25) is 0 Å². The lowest BCUT2D eigenvalue weighted by atomic mass is 10.1. The van der Waals surface area contributed by atoms with Gasteiger partial charge in [-0.2, -0.15) is 0 Å². The lowest BCUT2D eigenvalue weighted by Gasteiger charge is -2.37. The molecule has 0 saturated carbocycles. The normalized spacial score (nSPS) is 19.5. The van der Waals surface area contributed by atoms with Crippen molar-refractivity contribution in [3.8, 4) is 0 Å². The Bertz CT molecular complexity index is 510. The molecule has 1 aromatic carbocycles. The highest BCUT2D eigenvalue weighted by Gasteiger charge is 2.22. The number of carboxylic acid groups (broad SMARTS) is 1. The first-order valence-corrected chi connectivity index (χ1v) is 6.98. The molecule has 0 aliphatic carbocycles. The van der Waals surface area contributed by atoms with Crippen molar-refractivity contribution in [3.63, 3.8) is 0 Å². The number of hydrogen-bond donors (Lipinski definition) is 1. The summed E-state index contributed by atoms with van der Waals surface area (Å²) in [4.78, 5) is 12.9. The first kappa shape index (κ1) is 14.6. The maximum atomic E-state index is 10.5. The molecule has 1 aliphatic rings. The average Bonchev–Trinajstić information content (AvgIpc) is 2.45. The first-order valence-electron chi connectivity index (χ1n) is 6.98. The number of aryl methyl sites for hydroxylation is 1. The van der Waals surface area contributed by atoms with Crippen molar-refractivity contribution in [2.75, 3.05) is 24.7 Å². The summed E-state index contributed by atoms with van der Waals surface area (Å²) in [7, 11) is 0. The van der Waals surface area contributed by atoms with Gasteiger partial charge >= 0.3 is 5.97 Å². The van der Waals surface area contributed by atoms with E-state index in [1.165, 1.54) is 5.69 Å². The molecule has 1 aromatic rings. The lowest BCUT2D eigenvalue weighted by molar-refractivity contribution is -0.131. The van der Waals surface area contributed by atoms with E-state index in [0.717, 1.165) is 43.4 Å². The number of benzene rings is 1. The van der Waals surface area contributed by atoms with Gasteiger partial charge in [0.15, 0.2) is 0 Å². The molecule has 1 unspecified atom stereocenters.